The molecular formula is C25H38. The summed E-state index contributed by atoms with van der Waals surface area (Å²) in [4.78, 5) is 0. The lowest BCUT2D eigenvalue weighted by atomic mass is 9.90. The topological polar surface area (TPSA) is 0 Å². The molecule has 0 saturated heterocycles. The molecule has 138 valence electrons. The van der Waals surface area contributed by atoms with Crippen LogP contribution in [0.25, 0.3) is 10.8 Å². The van der Waals surface area contributed by atoms with Crippen LogP contribution in [0.15, 0.2) is 36.4 Å². The maximum atomic E-state index is 2.41. The fraction of sp³-hybridized carbons (Fsp3) is 0.600. The summed E-state index contributed by atoms with van der Waals surface area (Å²) < 4.78 is 0. The molecule has 0 amide bonds. The van der Waals surface area contributed by atoms with Gasteiger partial charge in [0.2, 0.25) is 0 Å². The van der Waals surface area contributed by atoms with Gasteiger partial charge in [-0.15, -0.1) is 0 Å². The number of rotatable bonds is 12. The highest BCUT2D eigenvalue weighted by atomic mass is 14.1. The summed E-state index contributed by atoms with van der Waals surface area (Å²) in [6, 6.07) is 13.6. The zero-order valence-electron chi connectivity index (χ0n) is 16.8. The highest BCUT2D eigenvalue weighted by Gasteiger charge is 2.09. The number of hydrogen-bond donors (Lipinski definition) is 0. The van der Waals surface area contributed by atoms with Crippen LogP contribution in [-0.4, -0.2) is 0 Å². The van der Waals surface area contributed by atoms with Gasteiger partial charge < -0.3 is 0 Å². The Hall–Kier alpha value is -1.30. The Bertz CT molecular complexity index is 610. The van der Waals surface area contributed by atoms with Crippen molar-refractivity contribution in [1.29, 1.82) is 0 Å². The van der Waals surface area contributed by atoms with Crippen molar-refractivity contribution in [1.82, 2.24) is 0 Å². The lowest BCUT2D eigenvalue weighted by Gasteiger charge is -2.15. The zero-order chi connectivity index (χ0) is 17.9. The number of unbranched alkanes of at least 4 members (excludes halogenated alkanes) is 9. The average Bonchev–Trinajstić information content (AvgIpc) is 2.62. The van der Waals surface area contributed by atoms with Crippen molar-refractivity contribution in [2.75, 3.05) is 0 Å². The number of fused-ring (bicyclic) bond motifs is 1. The SMILES string of the molecule is CCCCCCCCCCCCC(C)c1cccc2ccc(C)cc12. The Labute approximate surface area is 156 Å². The van der Waals surface area contributed by atoms with Crippen LogP contribution in [0.4, 0.5) is 0 Å². The molecule has 0 heterocycles. The molecule has 2 aromatic rings. The molecule has 0 fully saturated rings. The largest absolute Gasteiger partial charge is 0.0654 e. The van der Waals surface area contributed by atoms with Crippen molar-refractivity contribution in [3.63, 3.8) is 0 Å². The summed E-state index contributed by atoms with van der Waals surface area (Å²) in [5, 5.41) is 2.85. The Morgan fingerprint density at radius 2 is 1.40 bits per heavy atom. The molecule has 2 aromatic carbocycles. The van der Waals surface area contributed by atoms with Crippen LogP contribution in [0, 0.1) is 6.92 Å². The van der Waals surface area contributed by atoms with Gasteiger partial charge in [0.05, 0.1) is 0 Å². The van der Waals surface area contributed by atoms with Crippen LogP contribution in [0.3, 0.4) is 0 Å². The molecule has 1 unspecified atom stereocenters. The first-order chi connectivity index (χ1) is 12.2. The Morgan fingerprint density at radius 1 is 0.760 bits per heavy atom. The minimum Gasteiger partial charge on any atom is -0.0654 e. The molecule has 0 radical (unpaired) electrons. The van der Waals surface area contributed by atoms with Crippen LogP contribution >= 0.6 is 0 Å². The molecule has 1 atom stereocenters. The third-order valence-corrected chi connectivity index (χ3v) is 5.59. The van der Waals surface area contributed by atoms with Crippen molar-refractivity contribution in [3.05, 3.63) is 47.5 Å². The molecule has 0 heteroatoms. The monoisotopic (exact) mass is 338 g/mol. The first-order valence-electron chi connectivity index (χ1n) is 10.7. The predicted octanol–water partition coefficient (Wildman–Crippen LogP) is 8.56. The van der Waals surface area contributed by atoms with Gasteiger partial charge in [0.25, 0.3) is 0 Å². The van der Waals surface area contributed by atoms with E-state index in [9.17, 15) is 0 Å². The van der Waals surface area contributed by atoms with E-state index in [1.54, 1.807) is 0 Å². The van der Waals surface area contributed by atoms with Gasteiger partial charge >= 0.3 is 0 Å². The fourth-order valence-corrected chi connectivity index (χ4v) is 3.93. The quantitative estimate of drug-likeness (QED) is 0.340. The van der Waals surface area contributed by atoms with Crippen molar-refractivity contribution in [3.8, 4) is 0 Å². The molecule has 0 bridgehead atoms. The second kappa shape index (κ2) is 11.3. The summed E-state index contributed by atoms with van der Waals surface area (Å²) in [5.41, 5.74) is 2.91. The van der Waals surface area contributed by atoms with Gasteiger partial charge in [0.15, 0.2) is 0 Å². The minimum absolute atomic E-state index is 0.666. The molecule has 0 aliphatic carbocycles. The Balaban J connectivity index is 1.67. The van der Waals surface area contributed by atoms with Crippen LogP contribution in [0.5, 0.6) is 0 Å². The first kappa shape index (κ1) is 20.0. The molecule has 2 rings (SSSR count). The molecule has 0 aliphatic rings. The molecule has 25 heavy (non-hydrogen) atoms. The third kappa shape index (κ3) is 6.84. The van der Waals surface area contributed by atoms with E-state index in [0.29, 0.717) is 5.92 Å². The van der Waals surface area contributed by atoms with Gasteiger partial charge in [0, 0.05) is 0 Å². The van der Waals surface area contributed by atoms with E-state index in [0.717, 1.165) is 0 Å². The Morgan fingerprint density at radius 3 is 2.08 bits per heavy atom. The van der Waals surface area contributed by atoms with E-state index >= 15 is 0 Å². The van der Waals surface area contributed by atoms with Crippen LogP contribution in [0.2, 0.25) is 0 Å². The predicted molar refractivity (Wildman–Crippen MR) is 114 cm³/mol. The number of hydrogen-bond acceptors (Lipinski definition) is 0. The van der Waals surface area contributed by atoms with E-state index in [1.165, 1.54) is 92.5 Å². The zero-order valence-corrected chi connectivity index (χ0v) is 16.8. The van der Waals surface area contributed by atoms with Crippen molar-refractivity contribution in [2.24, 2.45) is 0 Å². The molecule has 0 aromatic heterocycles. The average molecular weight is 339 g/mol. The van der Waals surface area contributed by atoms with E-state index in [2.05, 4.69) is 57.2 Å². The molecule has 0 N–H and O–H groups in total. The second-order valence-electron chi connectivity index (χ2n) is 7.94. The molecule has 0 spiro atoms. The lowest BCUT2D eigenvalue weighted by molar-refractivity contribution is 0.535. The summed E-state index contributed by atoms with van der Waals surface area (Å²) in [5.74, 6) is 0.666. The van der Waals surface area contributed by atoms with Crippen molar-refractivity contribution >= 4 is 10.8 Å². The molecule has 0 nitrogen and oxygen atoms in total. The van der Waals surface area contributed by atoms with E-state index in [4.69, 9.17) is 0 Å². The Kier molecular flexibility index (Phi) is 9.08. The first-order valence-corrected chi connectivity index (χ1v) is 10.7. The molecule has 0 saturated carbocycles. The van der Waals surface area contributed by atoms with E-state index in [1.807, 2.05) is 0 Å². The van der Waals surface area contributed by atoms with Gasteiger partial charge in [-0.3, -0.25) is 0 Å². The van der Waals surface area contributed by atoms with Gasteiger partial charge in [-0.2, -0.15) is 0 Å². The smallest absolute Gasteiger partial charge is 0.0147 e. The molecule has 0 aliphatic heterocycles. The maximum absolute atomic E-state index is 2.41. The van der Waals surface area contributed by atoms with Gasteiger partial charge in [0.1, 0.15) is 0 Å². The van der Waals surface area contributed by atoms with Crippen LogP contribution < -0.4 is 0 Å². The number of aryl methyl sites for hydroxylation is 1. The summed E-state index contributed by atoms with van der Waals surface area (Å²) in [6.07, 6.45) is 15.5. The fourth-order valence-electron chi connectivity index (χ4n) is 3.93. The summed E-state index contributed by atoms with van der Waals surface area (Å²) in [7, 11) is 0. The van der Waals surface area contributed by atoms with E-state index in [-0.39, 0.29) is 0 Å². The van der Waals surface area contributed by atoms with Crippen molar-refractivity contribution < 1.29 is 0 Å². The van der Waals surface area contributed by atoms with Crippen LogP contribution in [0.1, 0.15) is 102 Å². The maximum Gasteiger partial charge on any atom is -0.0147 e. The third-order valence-electron chi connectivity index (χ3n) is 5.59. The minimum atomic E-state index is 0.666. The highest BCUT2D eigenvalue weighted by molar-refractivity contribution is 5.86. The van der Waals surface area contributed by atoms with E-state index < -0.39 is 0 Å². The summed E-state index contributed by atoms with van der Waals surface area (Å²) in [6.45, 7) is 6.90. The van der Waals surface area contributed by atoms with Gasteiger partial charge in [-0.25, -0.2) is 0 Å². The van der Waals surface area contributed by atoms with Gasteiger partial charge in [-0.05, 0) is 35.6 Å². The molecular weight excluding hydrogens is 300 g/mol. The van der Waals surface area contributed by atoms with Gasteiger partial charge in [-0.1, -0.05) is 120 Å². The normalized spacial score (nSPS) is 12.6. The summed E-state index contributed by atoms with van der Waals surface area (Å²) >= 11 is 0. The van der Waals surface area contributed by atoms with Crippen LogP contribution in [-0.2, 0) is 0 Å². The van der Waals surface area contributed by atoms with Crippen molar-refractivity contribution in [2.45, 2.75) is 97.3 Å². The number of benzene rings is 2. The second-order valence-corrected chi connectivity index (χ2v) is 7.94. The lowest BCUT2D eigenvalue weighted by Crippen LogP contribution is -1.95. The highest BCUT2D eigenvalue weighted by Crippen LogP contribution is 2.29. The standard InChI is InChI=1S/C25H38/c1-4-5-6-7-8-9-10-11-12-13-15-22(3)24-17-14-16-23-19-18-21(2)20-25(23)24/h14,16-20,22H,4-13,15H2,1-3H3.